The summed E-state index contributed by atoms with van der Waals surface area (Å²) < 4.78 is 0. The van der Waals surface area contributed by atoms with Gasteiger partial charge in [-0.25, -0.2) is 0 Å². The first-order valence-corrected chi connectivity index (χ1v) is 10.2. The molecular weight excluding hydrogens is 374 g/mol. The number of hydrogen-bond donors (Lipinski definition) is 6. The Kier molecular flexibility index (Phi) is 13.3. The van der Waals surface area contributed by atoms with Gasteiger partial charge in [0.2, 0.25) is 17.7 Å². The van der Waals surface area contributed by atoms with Crippen LogP contribution in [0.15, 0.2) is 0 Å². The van der Waals surface area contributed by atoms with Crippen molar-refractivity contribution < 1.29 is 24.3 Å². The van der Waals surface area contributed by atoms with Gasteiger partial charge in [-0.2, -0.15) is 11.8 Å². The summed E-state index contributed by atoms with van der Waals surface area (Å²) in [6.45, 7) is 1.54. The van der Waals surface area contributed by atoms with Gasteiger partial charge in [0.25, 0.3) is 0 Å². The lowest BCUT2D eigenvalue weighted by Crippen LogP contribution is -2.53. The number of carbonyl (C=O) groups is 4. The van der Waals surface area contributed by atoms with Crippen molar-refractivity contribution in [3.05, 3.63) is 0 Å². The molecule has 0 aliphatic carbocycles. The predicted molar refractivity (Wildman–Crippen MR) is 104 cm³/mol. The Labute approximate surface area is 163 Å². The molecular formula is C16H31N5O5S. The number of hydrogen-bond acceptors (Lipinski definition) is 7. The van der Waals surface area contributed by atoms with Crippen LogP contribution in [0.2, 0.25) is 0 Å². The standard InChI is InChI=1S/C16H31N5O5S/c1-10(16(25)26)20-15(24)12(6-8-27-2)21-13(22)9-19-14(23)11(18)5-3-4-7-17/h10-12H,3-9,17-18H2,1-2H3,(H,19,23)(H,20,24)(H,21,22)(H,25,26). The molecule has 0 radical (unpaired) electrons. The molecule has 0 heterocycles. The minimum atomic E-state index is -1.17. The van der Waals surface area contributed by atoms with Crippen LogP contribution < -0.4 is 27.4 Å². The molecule has 3 atom stereocenters. The summed E-state index contributed by atoms with van der Waals surface area (Å²) in [5.41, 5.74) is 11.1. The van der Waals surface area contributed by atoms with E-state index in [-0.39, 0.29) is 6.54 Å². The molecule has 0 rings (SSSR count). The Morgan fingerprint density at radius 1 is 1.07 bits per heavy atom. The maximum atomic E-state index is 12.2. The van der Waals surface area contributed by atoms with Gasteiger partial charge in [-0.1, -0.05) is 6.42 Å². The molecule has 0 aromatic heterocycles. The van der Waals surface area contributed by atoms with Gasteiger partial charge in [0, 0.05) is 0 Å². The van der Waals surface area contributed by atoms with Crippen molar-refractivity contribution in [2.24, 2.45) is 11.5 Å². The molecule has 10 nitrogen and oxygen atoms in total. The SMILES string of the molecule is CSCCC(NC(=O)CNC(=O)C(N)CCCCN)C(=O)NC(C)C(=O)O. The molecule has 0 aromatic carbocycles. The zero-order valence-corrected chi connectivity index (χ0v) is 16.6. The summed E-state index contributed by atoms with van der Waals surface area (Å²) in [6.07, 6.45) is 4.13. The van der Waals surface area contributed by atoms with Crippen LogP contribution in [-0.4, -0.2) is 72.0 Å². The second-order valence-electron chi connectivity index (χ2n) is 6.08. The van der Waals surface area contributed by atoms with Crippen molar-refractivity contribution >= 4 is 35.5 Å². The van der Waals surface area contributed by atoms with Crippen molar-refractivity contribution in [2.45, 2.75) is 50.7 Å². The number of carboxylic acid groups (broad SMARTS) is 1. The Bertz CT molecular complexity index is 506. The minimum Gasteiger partial charge on any atom is -0.480 e. The maximum Gasteiger partial charge on any atom is 0.325 e. The van der Waals surface area contributed by atoms with E-state index in [4.69, 9.17) is 16.6 Å². The molecule has 0 aliphatic rings. The first kappa shape index (κ1) is 25.1. The molecule has 3 amide bonds. The van der Waals surface area contributed by atoms with Crippen molar-refractivity contribution in [2.75, 3.05) is 25.1 Å². The van der Waals surface area contributed by atoms with Crippen LogP contribution in [0.1, 0.15) is 32.6 Å². The van der Waals surface area contributed by atoms with Gasteiger partial charge in [0.15, 0.2) is 0 Å². The van der Waals surface area contributed by atoms with Crippen LogP contribution in [0.3, 0.4) is 0 Å². The third kappa shape index (κ3) is 11.5. The van der Waals surface area contributed by atoms with Gasteiger partial charge in [0.1, 0.15) is 12.1 Å². The van der Waals surface area contributed by atoms with Crippen molar-refractivity contribution in [1.29, 1.82) is 0 Å². The maximum absolute atomic E-state index is 12.2. The van der Waals surface area contributed by atoms with E-state index < -0.39 is 41.8 Å². The molecule has 27 heavy (non-hydrogen) atoms. The number of unbranched alkanes of at least 4 members (excludes halogenated alkanes) is 1. The Morgan fingerprint density at radius 3 is 2.30 bits per heavy atom. The molecule has 0 spiro atoms. The fourth-order valence-electron chi connectivity index (χ4n) is 2.06. The van der Waals surface area contributed by atoms with Crippen LogP contribution in [0, 0.1) is 0 Å². The van der Waals surface area contributed by atoms with E-state index in [1.165, 1.54) is 18.7 Å². The van der Waals surface area contributed by atoms with Crippen LogP contribution in [0.5, 0.6) is 0 Å². The number of aliphatic carboxylic acids is 1. The zero-order valence-electron chi connectivity index (χ0n) is 15.8. The molecule has 0 saturated carbocycles. The topological polar surface area (TPSA) is 177 Å². The zero-order chi connectivity index (χ0) is 20.8. The smallest absolute Gasteiger partial charge is 0.325 e. The van der Waals surface area contributed by atoms with E-state index in [2.05, 4.69) is 16.0 Å². The van der Waals surface area contributed by atoms with Crippen molar-refractivity contribution in [3.8, 4) is 0 Å². The third-order valence-corrected chi connectivity index (χ3v) is 4.36. The highest BCUT2D eigenvalue weighted by Gasteiger charge is 2.24. The van der Waals surface area contributed by atoms with E-state index in [0.717, 1.165) is 12.8 Å². The highest BCUT2D eigenvalue weighted by molar-refractivity contribution is 7.98. The first-order valence-electron chi connectivity index (χ1n) is 8.77. The second-order valence-corrected chi connectivity index (χ2v) is 7.06. The van der Waals surface area contributed by atoms with E-state index in [0.29, 0.717) is 25.1 Å². The Hall–Kier alpha value is -1.85. The van der Waals surface area contributed by atoms with E-state index in [1.807, 2.05) is 6.26 Å². The highest BCUT2D eigenvalue weighted by atomic mass is 32.2. The van der Waals surface area contributed by atoms with Gasteiger partial charge >= 0.3 is 5.97 Å². The van der Waals surface area contributed by atoms with Crippen LogP contribution >= 0.6 is 11.8 Å². The van der Waals surface area contributed by atoms with Gasteiger partial charge in [0.05, 0.1) is 12.6 Å². The highest BCUT2D eigenvalue weighted by Crippen LogP contribution is 2.02. The number of thioether (sulfide) groups is 1. The van der Waals surface area contributed by atoms with Crippen LogP contribution in [0.25, 0.3) is 0 Å². The van der Waals surface area contributed by atoms with Crippen molar-refractivity contribution in [3.63, 3.8) is 0 Å². The molecule has 156 valence electrons. The normalized spacial score (nSPS) is 13.9. The summed E-state index contributed by atoms with van der Waals surface area (Å²) in [6, 6.07) is -2.68. The predicted octanol–water partition coefficient (Wildman–Crippen LogP) is -1.61. The van der Waals surface area contributed by atoms with Crippen molar-refractivity contribution in [1.82, 2.24) is 16.0 Å². The van der Waals surface area contributed by atoms with Gasteiger partial charge in [-0.05, 0) is 44.7 Å². The van der Waals surface area contributed by atoms with Gasteiger partial charge in [-0.3, -0.25) is 19.2 Å². The summed E-state index contributed by atoms with van der Waals surface area (Å²) in [5, 5.41) is 16.1. The molecule has 0 aliphatic heterocycles. The lowest BCUT2D eigenvalue weighted by Gasteiger charge is -2.20. The summed E-state index contributed by atoms with van der Waals surface area (Å²) in [5.74, 6) is -2.17. The number of nitrogens with two attached hydrogens (primary N) is 2. The summed E-state index contributed by atoms with van der Waals surface area (Å²) in [4.78, 5) is 46.9. The van der Waals surface area contributed by atoms with Crippen LogP contribution in [-0.2, 0) is 19.2 Å². The fraction of sp³-hybridized carbons (Fsp3) is 0.750. The van der Waals surface area contributed by atoms with E-state index >= 15 is 0 Å². The quantitative estimate of drug-likeness (QED) is 0.187. The van der Waals surface area contributed by atoms with Gasteiger partial charge < -0.3 is 32.5 Å². The van der Waals surface area contributed by atoms with E-state index in [9.17, 15) is 19.2 Å². The molecule has 0 saturated heterocycles. The van der Waals surface area contributed by atoms with Gasteiger partial charge in [-0.15, -0.1) is 0 Å². The number of nitrogens with one attached hydrogen (secondary N) is 3. The molecule has 0 fully saturated rings. The summed E-state index contributed by atoms with van der Waals surface area (Å²) >= 11 is 1.49. The summed E-state index contributed by atoms with van der Waals surface area (Å²) in [7, 11) is 0. The lowest BCUT2D eigenvalue weighted by atomic mass is 10.1. The lowest BCUT2D eigenvalue weighted by molar-refractivity contribution is -0.141. The Balaban J connectivity index is 4.52. The first-order chi connectivity index (χ1) is 12.7. The number of amides is 3. The number of carbonyl (C=O) groups excluding carboxylic acids is 3. The Morgan fingerprint density at radius 2 is 1.74 bits per heavy atom. The molecule has 0 aromatic rings. The largest absolute Gasteiger partial charge is 0.480 e. The van der Waals surface area contributed by atoms with E-state index in [1.54, 1.807) is 0 Å². The minimum absolute atomic E-state index is 0.318. The number of carboxylic acids is 1. The third-order valence-electron chi connectivity index (χ3n) is 3.72. The molecule has 0 bridgehead atoms. The molecule has 3 unspecified atom stereocenters. The number of rotatable bonds is 14. The monoisotopic (exact) mass is 405 g/mol. The molecule has 11 heteroatoms. The fourth-order valence-corrected chi connectivity index (χ4v) is 2.54. The average molecular weight is 406 g/mol. The second kappa shape index (κ2) is 14.2. The molecule has 8 N–H and O–H groups in total. The average Bonchev–Trinajstić information content (AvgIpc) is 2.62. The van der Waals surface area contributed by atoms with Crippen LogP contribution in [0.4, 0.5) is 0 Å².